The Morgan fingerprint density at radius 2 is 1.50 bits per heavy atom. The fourth-order valence-electron chi connectivity index (χ4n) is 3.06. The molecule has 112 valence electrons. The van der Waals surface area contributed by atoms with Crippen LogP contribution in [-0.2, 0) is 0 Å². The molecule has 0 N–H and O–H groups in total. The SMILES string of the molecule is CCN(CC1c2ccccc2C=Cc2ccccc21)C(=O)[O-]. The first kappa shape index (κ1) is 14.4. The van der Waals surface area contributed by atoms with Crippen LogP contribution in [0, 0.1) is 0 Å². The molecule has 0 atom stereocenters. The molecule has 3 nitrogen and oxygen atoms in total. The lowest BCUT2D eigenvalue weighted by Gasteiger charge is -2.30. The molecule has 0 fully saturated rings. The van der Waals surface area contributed by atoms with Crippen LogP contribution in [0.2, 0.25) is 0 Å². The summed E-state index contributed by atoms with van der Waals surface area (Å²) in [5, 5.41) is 11.3. The van der Waals surface area contributed by atoms with Crippen molar-refractivity contribution in [1.29, 1.82) is 0 Å². The summed E-state index contributed by atoms with van der Waals surface area (Å²) < 4.78 is 0. The maximum absolute atomic E-state index is 11.3. The van der Waals surface area contributed by atoms with E-state index >= 15 is 0 Å². The molecule has 0 spiro atoms. The van der Waals surface area contributed by atoms with Crippen LogP contribution >= 0.6 is 0 Å². The third-order valence-electron chi connectivity index (χ3n) is 4.23. The molecule has 1 aliphatic carbocycles. The van der Waals surface area contributed by atoms with Crippen molar-refractivity contribution in [3.63, 3.8) is 0 Å². The van der Waals surface area contributed by atoms with Gasteiger partial charge in [0.25, 0.3) is 0 Å². The molecule has 0 aromatic heterocycles. The minimum absolute atomic E-state index is 0.0141. The van der Waals surface area contributed by atoms with Gasteiger partial charge < -0.3 is 14.8 Å². The van der Waals surface area contributed by atoms with E-state index in [4.69, 9.17) is 0 Å². The van der Waals surface area contributed by atoms with Crippen molar-refractivity contribution >= 4 is 18.2 Å². The van der Waals surface area contributed by atoms with Crippen LogP contribution in [0.1, 0.15) is 35.1 Å². The first-order chi connectivity index (χ1) is 10.7. The summed E-state index contributed by atoms with van der Waals surface area (Å²) in [6, 6.07) is 16.3. The van der Waals surface area contributed by atoms with E-state index in [0.717, 1.165) is 22.3 Å². The van der Waals surface area contributed by atoms with E-state index in [1.54, 1.807) is 0 Å². The summed E-state index contributed by atoms with van der Waals surface area (Å²) in [6.07, 6.45) is 3.09. The average molecular weight is 292 g/mol. The molecule has 2 aromatic carbocycles. The van der Waals surface area contributed by atoms with E-state index in [1.165, 1.54) is 4.90 Å². The van der Waals surface area contributed by atoms with Gasteiger partial charge in [0.2, 0.25) is 0 Å². The molecule has 0 aliphatic heterocycles. The second kappa shape index (κ2) is 6.06. The van der Waals surface area contributed by atoms with Gasteiger partial charge in [0.15, 0.2) is 0 Å². The van der Waals surface area contributed by atoms with Crippen molar-refractivity contribution in [2.75, 3.05) is 13.1 Å². The number of amides is 1. The molecule has 0 bridgehead atoms. The van der Waals surface area contributed by atoms with Crippen LogP contribution in [0.25, 0.3) is 12.2 Å². The Kier molecular flexibility index (Phi) is 3.96. The number of carboxylic acid groups (broad SMARTS) is 1. The minimum Gasteiger partial charge on any atom is -0.530 e. The summed E-state index contributed by atoms with van der Waals surface area (Å²) in [7, 11) is 0. The monoisotopic (exact) mass is 292 g/mol. The van der Waals surface area contributed by atoms with Gasteiger partial charge >= 0.3 is 0 Å². The predicted octanol–water partition coefficient (Wildman–Crippen LogP) is 2.97. The van der Waals surface area contributed by atoms with Gasteiger partial charge in [-0.15, -0.1) is 0 Å². The third-order valence-corrected chi connectivity index (χ3v) is 4.23. The average Bonchev–Trinajstić information content (AvgIpc) is 2.69. The van der Waals surface area contributed by atoms with Crippen LogP contribution < -0.4 is 5.11 Å². The van der Waals surface area contributed by atoms with E-state index in [0.29, 0.717) is 13.1 Å². The Bertz CT molecular complexity index is 671. The Balaban J connectivity index is 2.11. The maximum Gasteiger partial charge on any atom is 0.136 e. The Labute approximate surface area is 130 Å². The van der Waals surface area contributed by atoms with Crippen molar-refractivity contribution in [2.45, 2.75) is 12.8 Å². The third kappa shape index (κ3) is 2.62. The Morgan fingerprint density at radius 3 is 1.95 bits per heavy atom. The number of hydrogen-bond donors (Lipinski definition) is 0. The lowest BCUT2D eigenvalue weighted by atomic mass is 9.87. The standard InChI is InChI=1S/C19H19NO2/c1-2-20(19(21)22)13-18-16-9-5-3-7-14(16)11-12-15-8-4-6-10-17(15)18/h3-12,18H,2,13H2,1H3,(H,21,22)/p-1. The highest BCUT2D eigenvalue weighted by Crippen LogP contribution is 2.34. The molecule has 0 saturated heterocycles. The molecule has 3 heteroatoms. The fraction of sp³-hybridized carbons (Fsp3) is 0.211. The number of nitrogens with zero attached hydrogens (tertiary/aromatic N) is 1. The number of benzene rings is 2. The highest BCUT2D eigenvalue weighted by molar-refractivity contribution is 5.76. The molecule has 22 heavy (non-hydrogen) atoms. The molecule has 0 saturated carbocycles. The molecule has 0 unspecified atom stereocenters. The Hall–Kier alpha value is -2.55. The zero-order valence-electron chi connectivity index (χ0n) is 12.5. The first-order valence-corrected chi connectivity index (χ1v) is 7.52. The van der Waals surface area contributed by atoms with Crippen molar-refractivity contribution in [3.8, 4) is 0 Å². The van der Waals surface area contributed by atoms with Crippen molar-refractivity contribution in [2.24, 2.45) is 0 Å². The summed E-state index contributed by atoms with van der Waals surface area (Å²) in [5.41, 5.74) is 4.59. The van der Waals surface area contributed by atoms with Crippen LogP contribution in [0.3, 0.4) is 0 Å². The van der Waals surface area contributed by atoms with Gasteiger partial charge in [-0.05, 0) is 29.2 Å². The van der Waals surface area contributed by atoms with Gasteiger partial charge in [-0.3, -0.25) is 0 Å². The highest BCUT2D eigenvalue weighted by Gasteiger charge is 2.23. The molecule has 0 heterocycles. The normalized spacial score (nSPS) is 13.1. The van der Waals surface area contributed by atoms with E-state index in [1.807, 2.05) is 31.2 Å². The number of likely N-dealkylation sites (N-methyl/N-ethyl adjacent to an activating group) is 1. The lowest BCUT2D eigenvalue weighted by molar-refractivity contribution is -0.265. The highest BCUT2D eigenvalue weighted by atomic mass is 16.4. The zero-order chi connectivity index (χ0) is 15.5. The number of fused-ring (bicyclic) bond motifs is 2. The molecule has 3 rings (SSSR count). The molecular weight excluding hydrogens is 274 g/mol. The van der Waals surface area contributed by atoms with E-state index in [9.17, 15) is 9.90 Å². The van der Waals surface area contributed by atoms with Gasteiger partial charge in [-0.25, -0.2) is 0 Å². The smallest absolute Gasteiger partial charge is 0.136 e. The lowest BCUT2D eigenvalue weighted by Crippen LogP contribution is -2.43. The largest absolute Gasteiger partial charge is 0.530 e. The van der Waals surface area contributed by atoms with Crippen LogP contribution in [0.15, 0.2) is 48.5 Å². The summed E-state index contributed by atoms with van der Waals surface area (Å²) in [4.78, 5) is 12.7. The number of carbonyl (C=O) groups excluding carboxylic acids is 1. The summed E-state index contributed by atoms with van der Waals surface area (Å²) in [6.45, 7) is 2.67. The van der Waals surface area contributed by atoms with Crippen molar-refractivity contribution in [3.05, 3.63) is 70.8 Å². The quantitative estimate of drug-likeness (QED) is 0.873. The molecule has 2 aromatic rings. The van der Waals surface area contributed by atoms with E-state index in [-0.39, 0.29) is 5.92 Å². The predicted molar refractivity (Wildman–Crippen MR) is 86.3 cm³/mol. The van der Waals surface area contributed by atoms with E-state index in [2.05, 4.69) is 36.4 Å². The van der Waals surface area contributed by atoms with Crippen LogP contribution in [0.5, 0.6) is 0 Å². The topological polar surface area (TPSA) is 43.4 Å². The van der Waals surface area contributed by atoms with Gasteiger partial charge in [0.05, 0.1) is 0 Å². The van der Waals surface area contributed by atoms with Crippen molar-refractivity contribution < 1.29 is 9.90 Å². The minimum atomic E-state index is -1.12. The number of hydrogen-bond acceptors (Lipinski definition) is 2. The summed E-state index contributed by atoms with van der Waals surface area (Å²) in [5.74, 6) is 0.0141. The summed E-state index contributed by atoms with van der Waals surface area (Å²) >= 11 is 0. The van der Waals surface area contributed by atoms with Crippen molar-refractivity contribution in [1.82, 2.24) is 4.90 Å². The zero-order valence-corrected chi connectivity index (χ0v) is 12.5. The molecule has 0 radical (unpaired) electrons. The van der Waals surface area contributed by atoms with Crippen LogP contribution in [-0.4, -0.2) is 24.1 Å². The molecular formula is C19H18NO2-. The van der Waals surface area contributed by atoms with Gasteiger partial charge in [-0.1, -0.05) is 60.7 Å². The number of rotatable bonds is 3. The second-order valence-corrected chi connectivity index (χ2v) is 5.45. The molecule has 1 amide bonds. The van der Waals surface area contributed by atoms with Crippen LogP contribution in [0.4, 0.5) is 4.79 Å². The first-order valence-electron chi connectivity index (χ1n) is 7.52. The molecule has 1 aliphatic rings. The fourth-order valence-corrected chi connectivity index (χ4v) is 3.06. The number of carbonyl (C=O) groups is 1. The maximum atomic E-state index is 11.3. The van der Waals surface area contributed by atoms with Gasteiger partial charge in [0, 0.05) is 19.0 Å². The van der Waals surface area contributed by atoms with E-state index < -0.39 is 6.09 Å². The van der Waals surface area contributed by atoms with Gasteiger partial charge in [0.1, 0.15) is 6.09 Å². The van der Waals surface area contributed by atoms with Gasteiger partial charge in [-0.2, -0.15) is 0 Å². The second-order valence-electron chi connectivity index (χ2n) is 5.45. The Morgan fingerprint density at radius 1 is 1.00 bits per heavy atom.